The summed E-state index contributed by atoms with van der Waals surface area (Å²) in [6, 6.07) is 18.1. The minimum atomic E-state index is -0.826. The van der Waals surface area contributed by atoms with Gasteiger partial charge in [-0.1, -0.05) is 29.8 Å². The topological polar surface area (TPSA) is 94.5 Å². The second kappa shape index (κ2) is 7.13. The molecule has 1 aromatic heterocycles. The Bertz CT molecular complexity index is 1170. The van der Waals surface area contributed by atoms with Crippen molar-refractivity contribution in [2.45, 2.75) is 13.0 Å². The van der Waals surface area contributed by atoms with E-state index in [0.717, 1.165) is 5.56 Å². The second-order valence-corrected chi connectivity index (χ2v) is 6.72. The third-order valence-corrected chi connectivity index (χ3v) is 4.83. The van der Waals surface area contributed by atoms with Crippen molar-refractivity contribution in [2.75, 3.05) is 4.90 Å². The summed E-state index contributed by atoms with van der Waals surface area (Å²) < 4.78 is 5.21. The average molecular weight is 384 g/mol. The molecule has 1 aliphatic rings. The van der Waals surface area contributed by atoms with Crippen molar-refractivity contribution >= 4 is 17.4 Å². The summed E-state index contributed by atoms with van der Waals surface area (Å²) >= 11 is 0. The highest BCUT2D eigenvalue weighted by molar-refractivity contribution is 6.20. The van der Waals surface area contributed by atoms with Gasteiger partial charge in [0.15, 0.2) is 11.5 Å². The molecular formula is C23H16N2O4. The lowest BCUT2D eigenvalue weighted by Gasteiger charge is -2.27. The molecule has 1 amide bonds. The van der Waals surface area contributed by atoms with Gasteiger partial charge < -0.3 is 9.52 Å². The van der Waals surface area contributed by atoms with Crippen molar-refractivity contribution in [1.29, 1.82) is 5.26 Å². The molecule has 2 aromatic carbocycles. The van der Waals surface area contributed by atoms with Crippen molar-refractivity contribution in [2.24, 2.45) is 0 Å². The van der Waals surface area contributed by atoms with Gasteiger partial charge >= 0.3 is 0 Å². The molecular weight excluding hydrogens is 368 g/mol. The summed E-state index contributed by atoms with van der Waals surface area (Å²) in [7, 11) is 0. The van der Waals surface area contributed by atoms with Crippen molar-refractivity contribution in [3.8, 4) is 6.07 Å². The van der Waals surface area contributed by atoms with Crippen molar-refractivity contribution in [3.63, 3.8) is 0 Å². The van der Waals surface area contributed by atoms with Gasteiger partial charge in [-0.15, -0.1) is 0 Å². The number of Topliss-reactive ketones (excluding diaryl/α,β-unsaturated/α-hetero) is 1. The van der Waals surface area contributed by atoms with E-state index in [2.05, 4.69) is 0 Å². The normalized spacial score (nSPS) is 16.2. The molecule has 0 bridgehead atoms. The molecule has 0 saturated heterocycles. The number of aliphatic hydroxyl groups is 1. The number of carbonyl (C=O) groups excluding carboxylic acids is 2. The van der Waals surface area contributed by atoms with Gasteiger partial charge in [-0.05, 0) is 48.9 Å². The van der Waals surface area contributed by atoms with E-state index < -0.39 is 23.5 Å². The number of benzene rings is 2. The van der Waals surface area contributed by atoms with Crippen LogP contribution in [0.3, 0.4) is 0 Å². The maximum Gasteiger partial charge on any atom is 0.294 e. The molecule has 29 heavy (non-hydrogen) atoms. The Morgan fingerprint density at radius 1 is 1.14 bits per heavy atom. The van der Waals surface area contributed by atoms with Crippen LogP contribution in [-0.2, 0) is 4.79 Å². The standard InChI is InChI=1S/C23H16N2O4/c1-14-4-2-5-16(12-14)20-19(21(26)18-6-3-11-29-18)22(27)23(28)25(20)17-9-7-15(13-24)8-10-17/h2-12,20,27H,1H3. The summed E-state index contributed by atoms with van der Waals surface area (Å²) in [5.41, 5.74) is 2.50. The van der Waals surface area contributed by atoms with Gasteiger partial charge in [0.2, 0.25) is 5.78 Å². The highest BCUT2D eigenvalue weighted by Crippen LogP contribution is 2.42. The zero-order valence-corrected chi connectivity index (χ0v) is 15.5. The van der Waals surface area contributed by atoms with Crippen LogP contribution in [-0.4, -0.2) is 16.8 Å². The van der Waals surface area contributed by atoms with E-state index in [0.29, 0.717) is 16.8 Å². The molecule has 0 saturated carbocycles. The highest BCUT2D eigenvalue weighted by atomic mass is 16.3. The molecule has 0 aliphatic carbocycles. The van der Waals surface area contributed by atoms with Crippen molar-refractivity contribution < 1.29 is 19.1 Å². The SMILES string of the molecule is Cc1cccc(C2C(C(=O)c3ccco3)=C(O)C(=O)N2c2ccc(C#N)cc2)c1. The van der Waals surface area contributed by atoms with Gasteiger partial charge in [-0.3, -0.25) is 14.5 Å². The van der Waals surface area contributed by atoms with E-state index >= 15 is 0 Å². The van der Waals surface area contributed by atoms with E-state index in [9.17, 15) is 14.7 Å². The van der Waals surface area contributed by atoms with Crippen molar-refractivity contribution in [1.82, 2.24) is 0 Å². The first-order valence-corrected chi connectivity index (χ1v) is 8.93. The predicted molar refractivity (Wildman–Crippen MR) is 105 cm³/mol. The number of hydrogen-bond acceptors (Lipinski definition) is 5. The second-order valence-electron chi connectivity index (χ2n) is 6.72. The number of anilines is 1. The maximum absolute atomic E-state index is 13.1. The smallest absolute Gasteiger partial charge is 0.294 e. The number of furan rings is 1. The fourth-order valence-corrected chi connectivity index (χ4v) is 3.50. The molecule has 3 aromatic rings. The number of amides is 1. The van der Waals surface area contributed by atoms with Crippen molar-refractivity contribution in [3.05, 3.63) is 101 Å². The summed E-state index contributed by atoms with van der Waals surface area (Å²) in [5.74, 6) is -1.81. The Kier molecular flexibility index (Phi) is 4.49. The van der Waals surface area contributed by atoms with E-state index in [1.54, 1.807) is 36.4 Å². The number of aliphatic hydroxyl groups excluding tert-OH is 1. The molecule has 0 fully saturated rings. The van der Waals surface area contributed by atoms with E-state index in [1.165, 1.54) is 17.2 Å². The van der Waals surface area contributed by atoms with Crippen LogP contribution in [0.25, 0.3) is 0 Å². The van der Waals surface area contributed by atoms with Gasteiger partial charge in [0.25, 0.3) is 5.91 Å². The van der Waals surface area contributed by atoms with Crippen LogP contribution in [0.4, 0.5) is 5.69 Å². The summed E-state index contributed by atoms with van der Waals surface area (Å²) in [5, 5.41) is 19.7. The molecule has 0 spiro atoms. The van der Waals surface area contributed by atoms with E-state index in [4.69, 9.17) is 9.68 Å². The Hall–Kier alpha value is -4.11. The summed E-state index contributed by atoms with van der Waals surface area (Å²) in [6.45, 7) is 1.91. The highest BCUT2D eigenvalue weighted by Gasteiger charge is 2.45. The first-order chi connectivity index (χ1) is 14.0. The Morgan fingerprint density at radius 3 is 2.52 bits per heavy atom. The molecule has 0 radical (unpaired) electrons. The maximum atomic E-state index is 13.1. The number of ketones is 1. The molecule has 6 nitrogen and oxygen atoms in total. The van der Waals surface area contributed by atoms with Gasteiger partial charge in [0.1, 0.15) is 0 Å². The monoisotopic (exact) mass is 384 g/mol. The largest absolute Gasteiger partial charge is 0.503 e. The van der Waals surface area contributed by atoms with E-state index in [1.807, 2.05) is 31.2 Å². The van der Waals surface area contributed by atoms with Crippen LogP contribution in [0.15, 0.2) is 82.7 Å². The number of carbonyl (C=O) groups is 2. The third kappa shape index (κ3) is 3.09. The molecule has 142 valence electrons. The Labute approximate surface area is 166 Å². The molecule has 1 unspecified atom stereocenters. The minimum absolute atomic E-state index is 0.0404. The number of nitrogens with zero attached hydrogens (tertiary/aromatic N) is 2. The Balaban J connectivity index is 1.88. The number of aryl methyl sites for hydroxylation is 1. The van der Waals surface area contributed by atoms with Crippen LogP contribution in [0.1, 0.15) is 33.3 Å². The van der Waals surface area contributed by atoms with Gasteiger partial charge in [-0.2, -0.15) is 5.26 Å². The molecule has 1 N–H and O–H groups in total. The lowest BCUT2D eigenvalue weighted by Crippen LogP contribution is -2.31. The van der Waals surface area contributed by atoms with Crippen LogP contribution in [0, 0.1) is 18.3 Å². The zero-order chi connectivity index (χ0) is 20.5. The molecule has 4 rings (SSSR count). The quantitative estimate of drug-likeness (QED) is 0.679. The van der Waals surface area contributed by atoms with Crippen LogP contribution in [0.5, 0.6) is 0 Å². The fourth-order valence-electron chi connectivity index (χ4n) is 3.50. The van der Waals surface area contributed by atoms with Gasteiger partial charge in [0, 0.05) is 5.69 Å². The molecule has 2 heterocycles. The Morgan fingerprint density at radius 2 is 1.90 bits per heavy atom. The summed E-state index contributed by atoms with van der Waals surface area (Å²) in [6.07, 6.45) is 1.36. The van der Waals surface area contributed by atoms with Crippen LogP contribution < -0.4 is 4.90 Å². The van der Waals surface area contributed by atoms with E-state index in [-0.39, 0.29) is 11.3 Å². The van der Waals surface area contributed by atoms with Gasteiger partial charge in [0.05, 0.1) is 29.5 Å². The molecule has 6 heteroatoms. The van der Waals surface area contributed by atoms with Crippen LogP contribution in [0.2, 0.25) is 0 Å². The zero-order valence-electron chi connectivity index (χ0n) is 15.5. The number of hydrogen-bond donors (Lipinski definition) is 1. The third-order valence-electron chi connectivity index (χ3n) is 4.83. The number of rotatable bonds is 4. The summed E-state index contributed by atoms with van der Waals surface area (Å²) in [4.78, 5) is 27.4. The minimum Gasteiger partial charge on any atom is -0.503 e. The van der Waals surface area contributed by atoms with Gasteiger partial charge in [-0.25, -0.2) is 0 Å². The molecule has 1 atom stereocenters. The first kappa shape index (κ1) is 18.3. The first-order valence-electron chi connectivity index (χ1n) is 8.93. The average Bonchev–Trinajstić information content (AvgIpc) is 3.35. The number of nitriles is 1. The predicted octanol–water partition coefficient (Wildman–Crippen LogP) is 4.24. The molecule has 1 aliphatic heterocycles. The lowest BCUT2D eigenvalue weighted by molar-refractivity contribution is -0.117. The van der Waals surface area contributed by atoms with Crippen LogP contribution >= 0.6 is 0 Å². The fraction of sp³-hybridized carbons (Fsp3) is 0.0870. The lowest BCUT2D eigenvalue weighted by atomic mass is 9.94.